The second-order valence-electron chi connectivity index (χ2n) is 8.21. The number of benzene rings is 1. The number of nitrogens with one attached hydrogen (secondary N) is 2. The minimum atomic E-state index is -3.37. The Balaban J connectivity index is 1.74. The van der Waals surface area contributed by atoms with Crippen LogP contribution in [0.2, 0.25) is 0 Å². The van der Waals surface area contributed by atoms with E-state index in [-0.39, 0.29) is 11.9 Å². The molecule has 0 saturated heterocycles. The molecule has 172 valence electrons. The van der Waals surface area contributed by atoms with Gasteiger partial charge in [-0.15, -0.1) is 11.3 Å². The summed E-state index contributed by atoms with van der Waals surface area (Å²) in [6.45, 7) is 8.14. The number of aryl methyl sites for hydroxylation is 2. The lowest BCUT2D eigenvalue weighted by atomic mass is 10.1. The number of pyridine rings is 1. The Labute approximate surface area is 196 Å². The van der Waals surface area contributed by atoms with Crippen LogP contribution >= 0.6 is 11.3 Å². The monoisotopic (exact) mass is 483 g/mol. The highest BCUT2D eigenvalue weighted by Gasteiger charge is 2.20. The molecule has 0 bridgehead atoms. The van der Waals surface area contributed by atoms with Gasteiger partial charge in [0.05, 0.1) is 29.1 Å². The molecule has 3 aromatic heterocycles. The molecule has 0 saturated carbocycles. The van der Waals surface area contributed by atoms with Crippen molar-refractivity contribution in [2.45, 2.75) is 33.7 Å². The molecule has 0 aliphatic heterocycles. The third kappa shape index (κ3) is 4.91. The Morgan fingerprint density at radius 2 is 1.76 bits per heavy atom. The Morgan fingerprint density at radius 3 is 2.33 bits per heavy atom. The largest absolute Gasteiger partial charge is 0.322 e. The van der Waals surface area contributed by atoms with Crippen molar-refractivity contribution in [2.75, 3.05) is 16.3 Å². The molecule has 1 aromatic carbocycles. The average molecular weight is 484 g/mol. The molecule has 4 rings (SSSR count). The highest BCUT2D eigenvalue weighted by molar-refractivity contribution is 7.92. The molecule has 0 aliphatic rings. The Kier molecular flexibility index (Phi) is 5.98. The predicted octanol–water partition coefficient (Wildman–Crippen LogP) is 4.98. The van der Waals surface area contributed by atoms with Crippen molar-refractivity contribution in [3.8, 4) is 11.3 Å². The average Bonchev–Trinajstić information content (AvgIpc) is 3.30. The maximum atomic E-state index is 13.3. The fourth-order valence-electron chi connectivity index (χ4n) is 3.64. The van der Waals surface area contributed by atoms with Gasteiger partial charge in [0.15, 0.2) is 5.65 Å². The van der Waals surface area contributed by atoms with Gasteiger partial charge < -0.3 is 5.32 Å². The van der Waals surface area contributed by atoms with Crippen LogP contribution in [0.15, 0.2) is 42.6 Å². The molecule has 0 atom stereocenters. The van der Waals surface area contributed by atoms with Gasteiger partial charge in [0.2, 0.25) is 10.0 Å². The quantitative estimate of drug-likeness (QED) is 0.402. The fraction of sp³-hybridized carbons (Fsp3) is 0.261. The summed E-state index contributed by atoms with van der Waals surface area (Å²) in [5, 5.41) is 8.03. The standard InChI is InChI=1S/C23H25N5O3S2/c1-13(2)28-22-20(12-24-28)19(11-21(26-22)18-10-14(3)32-15(18)4)23(29)25-16-6-8-17(9-7-16)27-33(5,30)31/h6-13,27H,1-5H3,(H,25,29). The molecular weight excluding hydrogens is 458 g/mol. The number of nitrogens with zero attached hydrogens (tertiary/aromatic N) is 3. The second-order valence-corrected chi connectivity index (χ2v) is 11.4. The normalized spacial score (nSPS) is 11.8. The van der Waals surface area contributed by atoms with E-state index in [9.17, 15) is 13.2 Å². The van der Waals surface area contributed by atoms with Crippen molar-refractivity contribution in [1.29, 1.82) is 0 Å². The molecule has 0 fully saturated rings. The van der Waals surface area contributed by atoms with Crippen LogP contribution in [0.3, 0.4) is 0 Å². The summed E-state index contributed by atoms with van der Waals surface area (Å²) in [5.74, 6) is -0.291. The summed E-state index contributed by atoms with van der Waals surface area (Å²) in [4.78, 5) is 20.5. The van der Waals surface area contributed by atoms with Gasteiger partial charge in [-0.25, -0.2) is 18.1 Å². The molecular formula is C23H25N5O3S2. The van der Waals surface area contributed by atoms with Gasteiger partial charge >= 0.3 is 0 Å². The fourth-order valence-corrected chi connectivity index (χ4v) is 5.14. The van der Waals surface area contributed by atoms with Crippen LogP contribution in [0.25, 0.3) is 22.3 Å². The first kappa shape index (κ1) is 22.9. The number of hydrogen-bond donors (Lipinski definition) is 2. The van der Waals surface area contributed by atoms with Gasteiger partial charge in [-0.1, -0.05) is 0 Å². The summed E-state index contributed by atoms with van der Waals surface area (Å²) < 4.78 is 27.0. The van der Waals surface area contributed by atoms with E-state index in [0.29, 0.717) is 28.0 Å². The van der Waals surface area contributed by atoms with E-state index >= 15 is 0 Å². The number of thiophene rings is 1. The SMILES string of the molecule is Cc1cc(-c2cc(C(=O)Nc3ccc(NS(C)(=O)=O)cc3)c3cnn(C(C)C)c3n2)c(C)s1. The van der Waals surface area contributed by atoms with E-state index in [1.807, 2.05) is 32.4 Å². The zero-order chi connectivity index (χ0) is 23.9. The van der Waals surface area contributed by atoms with Crippen molar-refractivity contribution < 1.29 is 13.2 Å². The highest BCUT2D eigenvalue weighted by atomic mass is 32.2. The summed E-state index contributed by atoms with van der Waals surface area (Å²) in [5.41, 5.74) is 3.83. The van der Waals surface area contributed by atoms with Crippen LogP contribution in [0, 0.1) is 13.8 Å². The van der Waals surface area contributed by atoms with Gasteiger partial charge in [0, 0.05) is 32.7 Å². The molecule has 33 heavy (non-hydrogen) atoms. The van der Waals surface area contributed by atoms with E-state index in [4.69, 9.17) is 4.98 Å². The lowest BCUT2D eigenvalue weighted by molar-refractivity contribution is 0.102. The Morgan fingerprint density at radius 1 is 1.09 bits per heavy atom. The van der Waals surface area contributed by atoms with Crippen LogP contribution in [0.1, 0.15) is 40.0 Å². The van der Waals surface area contributed by atoms with Gasteiger partial charge in [0.1, 0.15) is 0 Å². The maximum absolute atomic E-state index is 13.3. The number of anilines is 2. The summed E-state index contributed by atoms with van der Waals surface area (Å²) in [6.07, 6.45) is 2.76. The zero-order valence-electron chi connectivity index (χ0n) is 19.0. The van der Waals surface area contributed by atoms with Crippen LogP contribution in [-0.4, -0.2) is 35.3 Å². The smallest absolute Gasteiger partial charge is 0.256 e. The van der Waals surface area contributed by atoms with E-state index < -0.39 is 10.0 Å². The number of carbonyl (C=O) groups is 1. The van der Waals surface area contributed by atoms with Gasteiger partial charge in [-0.2, -0.15) is 5.10 Å². The number of rotatable bonds is 6. The predicted molar refractivity (Wildman–Crippen MR) is 134 cm³/mol. The van der Waals surface area contributed by atoms with Gasteiger partial charge in [-0.05, 0) is 64.1 Å². The molecule has 2 N–H and O–H groups in total. The number of hydrogen-bond acceptors (Lipinski definition) is 6. The minimum Gasteiger partial charge on any atom is -0.322 e. The first-order valence-electron chi connectivity index (χ1n) is 10.4. The van der Waals surface area contributed by atoms with E-state index in [1.165, 1.54) is 4.88 Å². The minimum absolute atomic E-state index is 0.0846. The van der Waals surface area contributed by atoms with Crippen molar-refractivity contribution in [3.05, 3.63) is 57.9 Å². The summed E-state index contributed by atoms with van der Waals surface area (Å²) in [7, 11) is -3.37. The van der Waals surface area contributed by atoms with Crippen molar-refractivity contribution in [2.24, 2.45) is 0 Å². The van der Waals surface area contributed by atoms with Crippen molar-refractivity contribution in [1.82, 2.24) is 14.8 Å². The third-order valence-electron chi connectivity index (χ3n) is 5.06. The van der Waals surface area contributed by atoms with Gasteiger partial charge in [-0.3, -0.25) is 9.52 Å². The summed E-state index contributed by atoms with van der Waals surface area (Å²) >= 11 is 1.69. The zero-order valence-corrected chi connectivity index (χ0v) is 20.6. The molecule has 0 aliphatic carbocycles. The summed E-state index contributed by atoms with van der Waals surface area (Å²) in [6, 6.07) is 10.5. The second kappa shape index (κ2) is 8.60. The maximum Gasteiger partial charge on any atom is 0.256 e. The number of fused-ring (bicyclic) bond motifs is 1. The van der Waals surface area contributed by atoms with E-state index in [2.05, 4.69) is 21.2 Å². The number of carbonyl (C=O) groups excluding carboxylic acids is 1. The van der Waals surface area contributed by atoms with Gasteiger partial charge in [0.25, 0.3) is 5.91 Å². The molecule has 0 radical (unpaired) electrons. The molecule has 10 heteroatoms. The third-order valence-corrected chi connectivity index (χ3v) is 6.64. The first-order chi connectivity index (χ1) is 15.5. The molecule has 1 amide bonds. The molecule has 3 heterocycles. The van der Waals surface area contributed by atoms with E-state index in [1.54, 1.807) is 47.9 Å². The van der Waals surface area contributed by atoms with Crippen LogP contribution in [0.4, 0.5) is 11.4 Å². The molecule has 4 aromatic rings. The van der Waals surface area contributed by atoms with Crippen LogP contribution in [-0.2, 0) is 10.0 Å². The van der Waals surface area contributed by atoms with Crippen molar-refractivity contribution in [3.63, 3.8) is 0 Å². The van der Waals surface area contributed by atoms with E-state index in [0.717, 1.165) is 22.4 Å². The molecule has 0 unspecified atom stereocenters. The number of aromatic nitrogens is 3. The van der Waals surface area contributed by atoms with Crippen molar-refractivity contribution >= 4 is 49.7 Å². The van der Waals surface area contributed by atoms with Crippen LogP contribution in [0.5, 0.6) is 0 Å². The molecule has 0 spiro atoms. The Hall–Kier alpha value is -3.24. The highest BCUT2D eigenvalue weighted by Crippen LogP contribution is 2.33. The van der Waals surface area contributed by atoms with Crippen LogP contribution < -0.4 is 10.0 Å². The number of sulfonamides is 1. The lowest BCUT2D eigenvalue weighted by Crippen LogP contribution is -2.14. The topological polar surface area (TPSA) is 106 Å². The lowest BCUT2D eigenvalue weighted by Gasteiger charge is -2.11. The molecule has 8 nitrogen and oxygen atoms in total. The first-order valence-corrected chi connectivity index (χ1v) is 13.1. The Bertz CT molecular complexity index is 1450. The number of amides is 1.